The molecule has 1 aliphatic rings. The molecule has 0 aromatic carbocycles. The zero-order chi connectivity index (χ0) is 12.1. The van der Waals surface area contributed by atoms with Gasteiger partial charge in [0.1, 0.15) is 5.78 Å². The van der Waals surface area contributed by atoms with Crippen LogP contribution in [0.5, 0.6) is 0 Å². The van der Waals surface area contributed by atoms with Crippen molar-refractivity contribution in [2.75, 3.05) is 13.6 Å². The van der Waals surface area contributed by atoms with E-state index >= 15 is 0 Å². The maximum atomic E-state index is 12.2. The molecule has 1 heterocycles. The number of nitrogens with one attached hydrogen (secondary N) is 1. The number of ketones is 1. The van der Waals surface area contributed by atoms with E-state index in [9.17, 15) is 4.79 Å². The van der Waals surface area contributed by atoms with E-state index in [4.69, 9.17) is 0 Å². The highest BCUT2D eigenvalue weighted by molar-refractivity contribution is 5.85. The van der Waals surface area contributed by atoms with E-state index in [1.807, 2.05) is 13.1 Å². The molecule has 0 saturated heterocycles. The standard InChI is InChI=1S/C14H20N2O/c1-15-9-4-8-13(17)12-7-2-5-11-6-3-10-16-14(11)12/h3,6,10,12,15H,2,4-5,7-9H2,1H3. The number of hydrogen-bond donors (Lipinski definition) is 1. The van der Waals surface area contributed by atoms with E-state index in [-0.39, 0.29) is 5.92 Å². The van der Waals surface area contributed by atoms with Gasteiger partial charge in [0.05, 0.1) is 11.6 Å². The molecule has 0 amide bonds. The molecule has 0 fully saturated rings. The summed E-state index contributed by atoms with van der Waals surface area (Å²) in [5, 5.41) is 3.08. The van der Waals surface area contributed by atoms with Crippen LogP contribution in [0.3, 0.4) is 0 Å². The largest absolute Gasteiger partial charge is 0.320 e. The van der Waals surface area contributed by atoms with E-state index in [1.54, 1.807) is 6.20 Å². The van der Waals surface area contributed by atoms with Crippen LogP contribution in [0.2, 0.25) is 0 Å². The SMILES string of the molecule is CNCCCC(=O)C1CCCc2cccnc21. The molecule has 0 saturated carbocycles. The van der Waals surface area contributed by atoms with Gasteiger partial charge in [-0.1, -0.05) is 6.07 Å². The van der Waals surface area contributed by atoms with Crippen LogP contribution >= 0.6 is 0 Å². The van der Waals surface area contributed by atoms with Crippen LogP contribution in [-0.4, -0.2) is 24.4 Å². The minimum absolute atomic E-state index is 0.0526. The lowest BCUT2D eigenvalue weighted by Crippen LogP contribution is -2.21. The first-order valence-electron chi connectivity index (χ1n) is 6.44. The van der Waals surface area contributed by atoms with Gasteiger partial charge in [-0.2, -0.15) is 0 Å². The Hall–Kier alpha value is -1.22. The number of carbonyl (C=O) groups is 1. The third-order valence-corrected chi connectivity index (χ3v) is 3.43. The van der Waals surface area contributed by atoms with Crippen LogP contribution in [-0.2, 0) is 11.2 Å². The molecule has 1 aromatic rings. The summed E-state index contributed by atoms with van der Waals surface area (Å²) in [6, 6.07) is 4.07. The topological polar surface area (TPSA) is 42.0 Å². The fourth-order valence-corrected chi connectivity index (χ4v) is 2.54. The summed E-state index contributed by atoms with van der Waals surface area (Å²) < 4.78 is 0. The second kappa shape index (κ2) is 5.92. The highest BCUT2D eigenvalue weighted by Crippen LogP contribution is 2.31. The summed E-state index contributed by atoms with van der Waals surface area (Å²) in [5.74, 6) is 0.414. The van der Waals surface area contributed by atoms with Crippen molar-refractivity contribution in [2.45, 2.75) is 38.0 Å². The molecule has 3 nitrogen and oxygen atoms in total. The van der Waals surface area contributed by atoms with E-state index in [1.165, 1.54) is 5.56 Å². The Balaban J connectivity index is 2.05. The molecule has 0 aliphatic heterocycles. The lowest BCUT2D eigenvalue weighted by Gasteiger charge is -2.23. The summed E-state index contributed by atoms with van der Waals surface area (Å²) in [6.07, 6.45) is 6.56. The highest BCUT2D eigenvalue weighted by atomic mass is 16.1. The quantitative estimate of drug-likeness (QED) is 0.790. The molecular formula is C14H20N2O. The summed E-state index contributed by atoms with van der Waals surface area (Å²) in [6.45, 7) is 0.910. The predicted octanol–water partition coefficient (Wildman–Crippen LogP) is 2.07. The smallest absolute Gasteiger partial charge is 0.141 e. The van der Waals surface area contributed by atoms with E-state index in [0.29, 0.717) is 12.2 Å². The average Bonchev–Trinajstić information content (AvgIpc) is 2.38. The Morgan fingerprint density at radius 2 is 2.47 bits per heavy atom. The molecule has 0 radical (unpaired) electrons. The van der Waals surface area contributed by atoms with Gasteiger partial charge >= 0.3 is 0 Å². The summed E-state index contributed by atoms with van der Waals surface area (Å²) in [7, 11) is 1.92. The van der Waals surface area contributed by atoms with Crippen molar-refractivity contribution >= 4 is 5.78 Å². The first-order valence-corrected chi connectivity index (χ1v) is 6.44. The second-order valence-electron chi connectivity index (χ2n) is 4.67. The minimum atomic E-state index is 0.0526. The van der Waals surface area contributed by atoms with Crippen LogP contribution in [0.4, 0.5) is 0 Å². The third-order valence-electron chi connectivity index (χ3n) is 3.43. The molecule has 3 heteroatoms. The van der Waals surface area contributed by atoms with Crippen LogP contribution in [0.1, 0.15) is 42.9 Å². The van der Waals surface area contributed by atoms with Gasteiger partial charge in [-0.25, -0.2) is 0 Å². The first kappa shape index (κ1) is 12.2. The fraction of sp³-hybridized carbons (Fsp3) is 0.571. The average molecular weight is 232 g/mol. The predicted molar refractivity (Wildman–Crippen MR) is 68.1 cm³/mol. The third kappa shape index (κ3) is 2.91. The summed E-state index contributed by atoms with van der Waals surface area (Å²) in [5.41, 5.74) is 2.30. The minimum Gasteiger partial charge on any atom is -0.320 e. The molecule has 2 rings (SSSR count). The van der Waals surface area contributed by atoms with Crippen molar-refractivity contribution in [1.29, 1.82) is 0 Å². The molecule has 17 heavy (non-hydrogen) atoms. The van der Waals surface area contributed by atoms with Gasteiger partial charge in [0.2, 0.25) is 0 Å². The molecule has 0 bridgehead atoms. The maximum absolute atomic E-state index is 12.2. The van der Waals surface area contributed by atoms with Crippen LogP contribution < -0.4 is 5.32 Å². The fourth-order valence-electron chi connectivity index (χ4n) is 2.54. The number of nitrogens with zero attached hydrogens (tertiary/aromatic N) is 1. The zero-order valence-corrected chi connectivity index (χ0v) is 10.4. The van der Waals surface area contributed by atoms with Gasteiger partial charge < -0.3 is 5.32 Å². The van der Waals surface area contributed by atoms with E-state index in [0.717, 1.165) is 37.9 Å². The number of Topliss-reactive ketones (excluding diaryl/α,β-unsaturated/α-hetero) is 1. The number of hydrogen-bond acceptors (Lipinski definition) is 3. The number of pyridine rings is 1. The van der Waals surface area contributed by atoms with Gasteiger partial charge in [0.15, 0.2) is 0 Å². The Kier molecular flexibility index (Phi) is 4.26. The van der Waals surface area contributed by atoms with Crippen LogP contribution in [0.25, 0.3) is 0 Å². The second-order valence-corrected chi connectivity index (χ2v) is 4.67. The number of rotatable bonds is 5. The lowest BCUT2D eigenvalue weighted by atomic mass is 9.83. The molecule has 1 N–H and O–H groups in total. The van der Waals surface area contributed by atoms with Crippen LogP contribution in [0, 0.1) is 0 Å². The monoisotopic (exact) mass is 232 g/mol. The Morgan fingerprint density at radius 3 is 3.29 bits per heavy atom. The van der Waals surface area contributed by atoms with Crippen molar-refractivity contribution in [3.63, 3.8) is 0 Å². The summed E-state index contributed by atoms with van der Waals surface area (Å²) in [4.78, 5) is 16.6. The van der Waals surface area contributed by atoms with Crippen LogP contribution in [0.15, 0.2) is 18.3 Å². The molecular weight excluding hydrogens is 212 g/mol. The number of carbonyl (C=O) groups excluding carboxylic acids is 1. The molecule has 1 aromatic heterocycles. The van der Waals surface area contributed by atoms with Gasteiger partial charge in [0.25, 0.3) is 0 Å². The van der Waals surface area contributed by atoms with Gasteiger partial charge in [-0.3, -0.25) is 9.78 Å². The first-order chi connectivity index (χ1) is 8.33. The molecule has 1 unspecified atom stereocenters. The van der Waals surface area contributed by atoms with Crippen molar-refractivity contribution in [1.82, 2.24) is 10.3 Å². The Labute approximate surface area is 103 Å². The maximum Gasteiger partial charge on any atom is 0.141 e. The zero-order valence-electron chi connectivity index (χ0n) is 10.4. The van der Waals surface area contributed by atoms with Crippen molar-refractivity contribution in [3.05, 3.63) is 29.6 Å². The van der Waals surface area contributed by atoms with Crippen molar-refractivity contribution in [3.8, 4) is 0 Å². The Bertz CT molecular complexity index is 390. The van der Waals surface area contributed by atoms with E-state index in [2.05, 4.69) is 16.4 Å². The number of aryl methyl sites for hydroxylation is 1. The van der Waals surface area contributed by atoms with Gasteiger partial charge in [-0.05, 0) is 50.9 Å². The van der Waals surface area contributed by atoms with Crippen molar-refractivity contribution < 1.29 is 4.79 Å². The van der Waals surface area contributed by atoms with Crippen molar-refractivity contribution in [2.24, 2.45) is 0 Å². The molecule has 1 aliphatic carbocycles. The van der Waals surface area contributed by atoms with E-state index < -0.39 is 0 Å². The van der Waals surface area contributed by atoms with Gasteiger partial charge in [0, 0.05) is 12.6 Å². The number of aromatic nitrogens is 1. The highest BCUT2D eigenvalue weighted by Gasteiger charge is 2.26. The molecule has 1 atom stereocenters. The number of fused-ring (bicyclic) bond motifs is 1. The lowest BCUT2D eigenvalue weighted by molar-refractivity contribution is -0.121. The normalized spacial score (nSPS) is 18.8. The van der Waals surface area contributed by atoms with Gasteiger partial charge in [-0.15, -0.1) is 0 Å². The molecule has 92 valence electrons. The summed E-state index contributed by atoms with van der Waals surface area (Å²) >= 11 is 0. The Morgan fingerprint density at radius 1 is 1.59 bits per heavy atom. The molecule has 0 spiro atoms.